The van der Waals surface area contributed by atoms with Gasteiger partial charge in [0.25, 0.3) is 5.91 Å². The summed E-state index contributed by atoms with van der Waals surface area (Å²) in [6, 6.07) is 7.04. The van der Waals surface area contributed by atoms with Gasteiger partial charge in [0.2, 0.25) is 0 Å². The van der Waals surface area contributed by atoms with Gasteiger partial charge in [-0.3, -0.25) is 14.5 Å². The van der Waals surface area contributed by atoms with Gasteiger partial charge in [-0.1, -0.05) is 73.2 Å². The SMILES string of the molecule is CC1(C)[C@H](C=C(Cl)Cl)[C@@H]1C(=O)Oc1ccc(/C=C2\SC(=S)N(C[C@@H]3CCCO3)C2=O)cc1. The van der Waals surface area contributed by atoms with Crippen LogP contribution in [0.3, 0.4) is 0 Å². The van der Waals surface area contributed by atoms with Crippen LogP contribution in [-0.2, 0) is 14.3 Å². The van der Waals surface area contributed by atoms with Gasteiger partial charge in [0.05, 0.1) is 23.5 Å². The minimum Gasteiger partial charge on any atom is -0.426 e. The van der Waals surface area contributed by atoms with Gasteiger partial charge in [-0.25, -0.2) is 0 Å². The van der Waals surface area contributed by atoms with Crippen molar-refractivity contribution >= 4 is 69.5 Å². The molecular formula is C23H23Cl2NO4S2. The normalized spacial score (nSPS) is 27.7. The number of carbonyl (C=O) groups excluding carboxylic acids is 2. The maximum absolute atomic E-state index is 12.8. The number of thiocarbonyl (C=S) groups is 1. The molecule has 3 atom stereocenters. The van der Waals surface area contributed by atoms with Crippen LogP contribution in [-0.4, -0.2) is 40.4 Å². The summed E-state index contributed by atoms with van der Waals surface area (Å²) in [7, 11) is 0. The number of amides is 1. The zero-order valence-electron chi connectivity index (χ0n) is 17.7. The van der Waals surface area contributed by atoms with E-state index in [1.54, 1.807) is 41.3 Å². The molecule has 1 amide bonds. The molecule has 5 nitrogen and oxygen atoms in total. The lowest BCUT2D eigenvalue weighted by molar-refractivity contribution is -0.136. The molecule has 170 valence electrons. The molecule has 3 aliphatic rings. The highest BCUT2D eigenvalue weighted by Crippen LogP contribution is 2.60. The van der Waals surface area contributed by atoms with Crippen LogP contribution in [0, 0.1) is 17.3 Å². The molecule has 0 aromatic heterocycles. The number of hydrogen-bond donors (Lipinski definition) is 0. The smallest absolute Gasteiger partial charge is 0.315 e. The van der Waals surface area contributed by atoms with Crippen LogP contribution < -0.4 is 4.74 Å². The second-order valence-corrected chi connectivity index (χ2v) is 11.4. The van der Waals surface area contributed by atoms with Crippen molar-refractivity contribution in [3.8, 4) is 5.75 Å². The number of carbonyl (C=O) groups is 2. The molecule has 9 heteroatoms. The van der Waals surface area contributed by atoms with Gasteiger partial charge < -0.3 is 9.47 Å². The number of allylic oxidation sites excluding steroid dienone is 1. The molecule has 0 unspecified atom stereocenters. The van der Waals surface area contributed by atoms with Crippen LogP contribution in [0.5, 0.6) is 5.75 Å². The number of benzene rings is 1. The topological polar surface area (TPSA) is 55.8 Å². The van der Waals surface area contributed by atoms with Crippen LogP contribution in [0.25, 0.3) is 6.08 Å². The van der Waals surface area contributed by atoms with Crippen molar-refractivity contribution < 1.29 is 19.1 Å². The lowest BCUT2D eigenvalue weighted by Crippen LogP contribution is -2.35. The number of nitrogens with zero attached hydrogens (tertiary/aromatic N) is 1. The fourth-order valence-electron chi connectivity index (χ4n) is 4.19. The van der Waals surface area contributed by atoms with Crippen LogP contribution in [0.15, 0.2) is 39.7 Å². The molecular weight excluding hydrogens is 489 g/mol. The van der Waals surface area contributed by atoms with Crippen LogP contribution >= 0.6 is 47.2 Å². The molecule has 32 heavy (non-hydrogen) atoms. The first kappa shape index (κ1) is 23.8. The summed E-state index contributed by atoms with van der Waals surface area (Å²) in [5.41, 5.74) is 0.577. The van der Waals surface area contributed by atoms with Crippen LogP contribution in [0.2, 0.25) is 0 Å². The van der Waals surface area contributed by atoms with E-state index in [1.807, 2.05) is 13.8 Å². The fraction of sp³-hybridized carbons (Fsp3) is 0.435. The number of rotatable bonds is 6. The predicted molar refractivity (Wildman–Crippen MR) is 131 cm³/mol. The summed E-state index contributed by atoms with van der Waals surface area (Å²) in [6.07, 6.45) is 5.51. The monoisotopic (exact) mass is 511 g/mol. The fourth-order valence-corrected chi connectivity index (χ4v) is 5.73. The van der Waals surface area contributed by atoms with Gasteiger partial charge in [-0.2, -0.15) is 0 Å². The van der Waals surface area contributed by atoms with Crippen molar-refractivity contribution in [2.24, 2.45) is 17.3 Å². The first-order valence-electron chi connectivity index (χ1n) is 10.4. The third-order valence-electron chi connectivity index (χ3n) is 6.15. The second kappa shape index (κ2) is 9.47. The molecule has 0 bridgehead atoms. The van der Waals surface area contributed by atoms with E-state index in [9.17, 15) is 9.59 Å². The minimum atomic E-state index is -0.311. The zero-order valence-corrected chi connectivity index (χ0v) is 20.8. The third kappa shape index (κ3) is 5.07. The summed E-state index contributed by atoms with van der Waals surface area (Å²) in [5, 5.41) is 0. The Morgan fingerprint density at radius 3 is 2.69 bits per heavy atom. The molecule has 4 rings (SSSR count). The van der Waals surface area contributed by atoms with Crippen molar-refractivity contribution in [3.63, 3.8) is 0 Å². The van der Waals surface area contributed by atoms with Crippen molar-refractivity contribution in [3.05, 3.63) is 45.3 Å². The van der Waals surface area contributed by atoms with E-state index >= 15 is 0 Å². The Bertz CT molecular complexity index is 996. The van der Waals surface area contributed by atoms with Crippen LogP contribution in [0.1, 0.15) is 32.3 Å². The molecule has 0 radical (unpaired) electrons. The van der Waals surface area contributed by atoms with Gasteiger partial charge >= 0.3 is 5.97 Å². The van der Waals surface area contributed by atoms with E-state index in [-0.39, 0.29) is 39.7 Å². The first-order chi connectivity index (χ1) is 15.2. The molecule has 0 N–H and O–H groups in total. The maximum Gasteiger partial charge on any atom is 0.315 e. The summed E-state index contributed by atoms with van der Waals surface area (Å²) >= 11 is 18.2. The van der Waals surface area contributed by atoms with Gasteiger partial charge in [0.15, 0.2) is 0 Å². The molecule has 2 saturated heterocycles. The average Bonchev–Trinajstić information content (AvgIpc) is 3.07. The summed E-state index contributed by atoms with van der Waals surface area (Å²) in [4.78, 5) is 27.5. The van der Waals surface area contributed by atoms with E-state index in [0.29, 0.717) is 21.5 Å². The highest BCUT2D eigenvalue weighted by atomic mass is 35.5. The number of esters is 1. The Labute approximate surface area is 207 Å². The summed E-state index contributed by atoms with van der Waals surface area (Å²) < 4.78 is 11.9. The molecule has 1 aromatic rings. The third-order valence-corrected chi connectivity index (χ3v) is 7.78. The van der Waals surface area contributed by atoms with E-state index in [0.717, 1.165) is 25.0 Å². The minimum absolute atomic E-state index is 0.0455. The lowest BCUT2D eigenvalue weighted by atomic mass is 10.1. The van der Waals surface area contributed by atoms with Gasteiger partial charge in [-0.05, 0) is 54.0 Å². The van der Waals surface area contributed by atoms with E-state index < -0.39 is 0 Å². The lowest BCUT2D eigenvalue weighted by Gasteiger charge is -2.18. The number of thioether (sulfide) groups is 1. The zero-order chi connectivity index (χ0) is 23.0. The average molecular weight is 512 g/mol. The Morgan fingerprint density at radius 2 is 2.06 bits per heavy atom. The van der Waals surface area contributed by atoms with E-state index in [4.69, 9.17) is 44.9 Å². The first-order valence-corrected chi connectivity index (χ1v) is 12.4. The molecule has 1 aliphatic carbocycles. The molecule has 3 fully saturated rings. The summed E-state index contributed by atoms with van der Waals surface area (Å²) in [6.45, 7) is 5.20. The standard InChI is InChI=1S/C23H23Cl2NO4S2/c1-23(2)16(11-18(24)25)19(23)21(28)30-14-7-5-13(6-8-14)10-17-20(27)26(22(31)32-17)12-15-4-3-9-29-15/h5-8,10-11,15-16,19H,3-4,9,12H2,1-2H3/b17-10-/t15-,16+,19+/m0/s1. The van der Waals surface area contributed by atoms with E-state index in [1.165, 1.54) is 11.8 Å². The van der Waals surface area contributed by atoms with Crippen molar-refractivity contribution in [1.29, 1.82) is 0 Å². The van der Waals surface area contributed by atoms with Gasteiger partial charge in [0.1, 0.15) is 14.6 Å². The molecule has 0 spiro atoms. The number of ether oxygens (including phenoxy) is 2. The molecule has 2 heterocycles. The number of hydrogen-bond acceptors (Lipinski definition) is 6. The van der Waals surface area contributed by atoms with Crippen molar-refractivity contribution in [2.75, 3.05) is 13.2 Å². The number of halogens is 2. The summed E-state index contributed by atoms with van der Waals surface area (Å²) in [5.74, 6) is -0.302. The Morgan fingerprint density at radius 1 is 1.34 bits per heavy atom. The molecule has 2 aliphatic heterocycles. The largest absolute Gasteiger partial charge is 0.426 e. The highest BCUT2D eigenvalue weighted by Gasteiger charge is 2.61. The molecule has 1 saturated carbocycles. The predicted octanol–water partition coefficient (Wildman–Crippen LogP) is 5.56. The second-order valence-electron chi connectivity index (χ2n) is 8.70. The Balaban J connectivity index is 1.38. The quantitative estimate of drug-likeness (QED) is 0.215. The molecule has 1 aromatic carbocycles. The van der Waals surface area contributed by atoms with Crippen molar-refractivity contribution in [1.82, 2.24) is 4.90 Å². The van der Waals surface area contributed by atoms with Gasteiger partial charge in [0, 0.05) is 6.61 Å². The van der Waals surface area contributed by atoms with Crippen LogP contribution in [0.4, 0.5) is 0 Å². The highest BCUT2D eigenvalue weighted by molar-refractivity contribution is 8.26. The Hall–Kier alpha value is -1.38. The Kier molecular flexibility index (Phi) is 7.03. The van der Waals surface area contributed by atoms with Crippen molar-refractivity contribution in [2.45, 2.75) is 32.8 Å². The maximum atomic E-state index is 12.8. The van der Waals surface area contributed by atoms with E-state index in [2.05, 4.69) is 0 Å². The van der Waals surface area contributed by atoms with Gasteiger partial charge in [-0.15, -0.1) is 0 Å².